The van der Waals surface area contributed by atoms with E-state index in [0.717, 1.165) is 10.4 Å². The molecule has 0 aromatic heterocycles. The summed E-state index contributed by atoms with van der Waals surface area (Å²) < 4.78 is 5.56. The molecule has 0 saturated carbocycles. The molecule has 2 aromatic rings. The van der Waals surface area contributed by atoms with Crippen molar-refractivity contribution >= 4 is 24.3 Å². The molecule has 0 unspecified atom stereocenters. The molecule has 2 aromatic carbocycles. The van der Waals surface area contributed by atoms with Crippen LogP contribution >= 0.6 is 11.8 Å². The average Bonchev–Trinajstić information content (AvgIpc) is 2.40. The first-order valence-corrected chi connectivity index (χ1v) is 6.56. The summed E-state index contributed by atoms with van der Waals surface area (Å²) >= 11 is 1.60. The highest BCUT2D eigenvalue weighted by atomic mass is 32.2. The molecular weight excluding hydrogens is 231 g/mol. The molecule has 17 heavy (non-hydrogen) atoms. The van der Waals surface area contributed by atoms with Gasteiger partial charge in [0.1, 0.15) is 5.75 Å². The molecule has 0 saturated heterocycles. The highest BCUT2D eigenvalue weighted by Crippen LogP contribution is 2.26. The van der Waals surface area contributed by atoms with E-state index in [9.17, 15) is 5.02 Å². The minimum absolute atomic E-state index is 0.705. The van der Waals surface area contributed by atoms with Crippen molar-refractivity contribution in [3.63, 3.8) is 0 Å². The Morgan fingerprint density at radius 3 is 2.35 bits per heavy atom. The zero-order chi connectivity index (χ0) is 12.1. The van der Waals surface area contributed by atoms with Gasteiger partial charge in [0, 0.05) is 4.90 Å². The zero-order valence-corrected chi connectivity index (χ0v) is 10.4. The van der Waals surface area contributed by atoms with Gasteiger partial charge in [-0.15, -0.1) is 11.8 Å². The largest absolute Gasteiger partial charge is 0.560 e. The van der Waals surface area contributed by atoms with Gasteiger partial charge in [0.2, 0.25) is 0 Å². The topological polar surface area (TPSA) is 29.5 Å². The van der Waals surface area contributed by atoms with E-state index in [2.05, 4.69) is 0 Å². The van der Waals surface area contributed by atoms with Gasteiger partial charge < -0.3 is 9.68 Å². The number of hydrogen-bond donors (Lipinski definition) is 1. The van der Waals surface area contributed by atoms with E-state index in [4.69, 9.17) is 4.65 Å². The van der Waals surface area contributed by atoms with Crippen LogP contribution in [0, 0.1) is 0 Å². The Labute approximate surface area is 106 Å². The Morgan fingerprint density at radius 2 is 1.65 bits per heavy atom. The van der Waals surface area contributed by atoms with Gasteiger partial charge in [-0.05, 0) is 23.9 Å². The maximum atomic E-state index is 9.96. The first kappa shape index (κ1) is 12.1. The second kappa shape index (κ2) is 5.80. The van der Waals surface area contributed by atoms with E-state index in [0.29, 0.717) is 5.75 Å². The van der Waals surface area contributed by atoms with Crippen LogP contribution in [0.4, 0.5) is 0 Å². The van der Waals surface area contributed by atoms with Crippen LogP contribution in [0.25, 0.3) is 0 Å². The van der Waals surface area contributed by atoms with Gasteiger partial charge in [0.15, 0.2) is 0 Å². The average molecular weight is 244 g/mol. The van der Waals surface area contributed by atoms with E-state index in [1.54, 1.807) is 11.8 Å². The summed E-state index contributed by atoms with van der Waals surface area (Å²) in [7, 11) is -0.926. The second-order valence-corrected chi connectivity index (χ2v) is 4.38. The van der Waals surface area contributed by atoms with E-state index in [1.807, 2.05) is 60.9 Å². The van der Waals surface area contributed by atoms with Crippen LogP contribution in [0.15, 0.2) is 59.5 Å². The standard InChI is InChI=1S/C13H13BO2S/c1-17-13-10-6-5-9-12(13)16-14(15)11-7-3-2-4-8-11/h2-10,15H,1H3. The van der Waals surface area contributed by atoms with Crippen molar-refractivity contribution < 1.29 is 9.68 Å². The fraction of sp³-hybridized carbons (Fsp3) is 0.0769. The molecule has 0 fully saturated rings. The van der Waals surface area contributed by atoms with Crippen LogP contribution in [0.2, 0.25) is 0 Å². The Bertz CT molecular complexity index is 476. The highest BCUT2D eigenvalue weighted by molar-refractivity contribution is 7.98. The van der Waals surface area contributed by atoms with Crippen LogP contribution in [0.3, 0.4) is 0 Å². The monoisotopic (exact) mass is 244 g/mol. The summed E-state index contributed by atoms with van der Waals surface area (Å²) in [4.78, 5) is 1.02. The fourth-order valence-corrected chi connectivity index (χ4v) is 2.05. The van der Waals surface area contributed by atoms with Crippen LogP contribution in [-0.4, -0.2) is 18.4 Å². The third-order valence-corrected chi connectivity index (χ3v) is 3.17. The van der Waals surface area contributed by atoms with Crippen molar-refractivity contribution in [2.75, 3.05) is 6.26 Å². The number of hydrogen-bond acceptors (Lipinski definition) is 3. The van der Waals surface area contributed by atoms with E-state index in [-0.39, 0.29) is 0 Å². The summed E-state index contributed by atoms with van der Waals surface area (Å²) in [5, 5.41) is 9.96. The Balaban J connectivity index is 2.16. The predicted molar refractivity (Wildman–Crippen MR) is 72.9 cm³/mol. The molecule has 0 spiro atoms. The van der Waals surface area contributed by atoms with Gasteiger partial charge in [0.05, 0.1) is 0 Å². The molecule has 0 aliphatic heterocycles. The highest BCUT2D eigenvalue weighted by Gasteiger charge is 2.19. The summed E-state index contributed by atoms with van der Waals surface area (Å²) in [5.41, 5.74) is 0.753. The Hall–Kier alpha value is -1.39. The number of thioether (sulfide) groups is 1. The maximum Gasteiger partial charge on any atom is 0.560 e. The smallest absolute Gasteiger partial charge is 0.532 e. The van der Waals surface area contributed by atoms with Gasteiger partial charge >= 0.3 is 7.12 Å². The summed E-state index contributed by atoms with van der Waals surface area (Å²) in [5.74, 6) is 0.705. The van der Waals surface area contributed by atoms with Crippen molar-refractivity contribution in [3.05, 3.63) is 54.6 Å². The number of para-hydroxylation sites is 1. The summed E-state index contributed by atoms with van der Waals surface area (Å²) in [6.45, 7) is 0. The number of benzene rings is 2. The second-order valence-electron chi connectivity index (χ2n) is 3.53. The van der Waals surface area contributed by atoms with Gasteiger partial charge in [-0.25, -0.2) is 0 Å². The number of rotatable bonds is 4. The molecule has 0 atom stereocenters. The first-order valence-electron chi connectivity index (χ1n) is 5.34. The molecule has 1 N–H and O–H groups in total. The summed E-state index contributed by atoms with van der Waals surface area (Å²) in [6, 6.07) is 17.0. The molecule has 86 valence electrons. The normalized spacial score (nSPS) is 10.0. The third-order valence-electron chi connectivity index (χ3n) is 2.39. The van der Waals surface area contributed by atoms with Crippen LogP contribution < -0.4 is 10.1 Å². The zero-order valence-electron chi connectivity index (χ0n) is 9.54. The fourth-order valence-electron chi connectivity index (χ4n) is 1.52. The van der Waals surface area contributed by atoms with E-state index >= 15 is 0 Å². The summed E-state index contributed by atoms with van der Waals surface area (Å²) in [6.07, 6.45) is 1.98. The van der Waals surface area contributed by atoms with Gasteiger partial charge in [-0.1, -0.05) is 42.5 Å². The first-order chi connectivity index (χ1) is 8.31. The lowest BCUT2D eigenvalue weighted by atomic mass is 9.79. The maximum absolute atomic E-state index is 9.96. The minimum atomic E-state index is -0.926. The van der Waals surface area contributed by atoms with Gasteiger partial charge in [0.25, 0.3) is 0 Å². The SMILES string of the molecule is CSc1ccccc1OB(O)c1ccccc1. The van der Waals surface area contributed by atoms with Crippen molar-refractivity contribution in [2.45, 2.75) is 4.90 Å². The lowest BCUT2D eigenvalue weighted by Gasteiger charge is -2.12. The van der Waals surface area contributed by atoms with Crippen molar-refractivity contribution in [3.8, 4) is 5.75 Å². The molecule has 0 aliphatic rings. The van der Waals surface area contributed by atoms with Crippen molar-refractivity contribution in [1.29, 1.82) is 0 Å². The van der Waals surface area contributed by atoms with Crippen LogP contribution in [0.1, 0.15) is 0 Å². The molecule has 2 nitrogen and oxygen atoms in total. The molecule has 0 aliphatic carbocycles. The molecule has 4 heteroatoms. The lowest BCUT2D eigenvalue weighted by molar-refractivity contribution is 0.427. The van der Waals surface area contributed by atoms with Crippen molar-refractivity contribution in [1.82, 2.24) is 0 Å². The van der Waals surface area contributed by atoms with Crippen molar-refractivity contribution in [2.24, 2.45) is 0 Å². The molecular formula is C13H13BO2S. The van der Waals surface area contributed by atoms with Crippen LogP contribution in [-0.2, 0) is 0 Å². The molecule has 0 radical (unpaired) electrons. The quantitative estimate of drug-likeness (QED) is 0.660. The van der Waals surface area contributed by atoms with E-state index in [1.165, 1.54) is 0 Å². The lowest BCUT2D eigenvalue weighted by Crippen LogP contribution is -2.36. The molecule has 0 bridgehead atoms. The third kappa shape index (κ3) is 3.05. The predicted octanol–water partition coefficient (Wildman–Crippen LogP) is 2.17. The van der Waals surface area contributed by atoms with Crippen LogP contribution in [0.5, 0.6) is 5.75 Å². The Kier molecular flexibility index (Phi) is 4.12. The Morgan fingerprint density at radius 1 is 1.00 bits per heavy atom. The minimum Gasteiger partial charge on any atom is -0.532 e. The molecule has 0 heterocycles. The van der Waals surface area contributed by atoms with Gasteiger partial charge in [-0.3, -0.25) is 0 Å². The molecule has 2 rings (SSSR count). The van der Waals surface area contributed by atoms with Gasteiger partial charge in [-0.2, -0.15) is 0 Å². The van der Waals surface area contributed by atoms with E-state index < -0.39 is 7.12 Å². The molecule has 0 amide bonds.